The van der Waals surface area contributed by atoms with E-state index in [0.717, 1.165) is 10.4 Å². The normalized spacial score (nSPS) is 11.0. The molecule has 2 aromatic carbocycles. The van der Waals surface area contributed by atoms with Crippen molar-refractivity contribution in [3.8, 4) is 5.75 Å². The van der Waals surface area contributed by atoms with Crippen LogP contribution in [0.1, 0.15) is 0 Å². The fourth-order valence-corrected chi connectivity index (χ4v) is 4.05. The Hall–Kier alpha value is -2.58. The lowest BCUT2D eigenvalue weighted by atomic mass is 10.3. The lowest BCUT2D eigenvalue weighted by Crippen LogP contribution is -2.31. The largest absolute Gasteiger partial charge is 0.495 e. The summed E-state index contributed by atoms with van der Waals surface area (Å²) in [6.07, 6.45) is 1.38. The molecular formula is C16H15ClN2O5S. The van der Waals surface area contributed by atoms with E-state index in [1.54, 1.807) is 0 Å². The predicted molar refractivity (Wildman–Crippen MR) is 95.8 cm³/mol. The summed E-state index contributed by atoms with van der Waals surface area (Å²) in [5, 5.41) is 11.4. The first kappa shape index (κ1) is 18.8. The Kier molecular flexibility index (Phi) is 5.66. The van der Waals surface area contributed by atoms with Crippen LogP contribution in [0, 0.1) is 10.1 Å². The van der Waals surface area contributed by atoms with Gasteiger partial charge in [0.1, 0.15) is 5.75 Å². The quantitative estimate of drug-likeness (QED) is 0.414. The van der Waals surface area contributed by atoms with E-state index in [9.17, 15) is 18.5 Å². The summed E-state index contributed by atoms with van der Waals surface area (Å²) in [6.45, 7) is 3.46. The number of methoxy groups -OCH3 is 1. The SMILES string of the molecule is C=CCN(c1ccc(OC)c(Cl)c1)S(=O)(=O)c1ccccc1[N+](=O)[O-]. The average molecular weight is 383 g/mol. The zero-order valence-electron chi connectivity index (χ0n) is 13.3. The van der Waals surface area contributed by atoms with Crippen molar-refractivity contribution in [1.29, 1.82) is 0 Å². The van der Waals surface area contributed by atoms with Crippen LogP contribution >= 0.6 is 11.6 Å². The molecule has 0 saturated carbocycles. The highest BCUT2D eigenvalue weighted by atomic mass is 35.5. The molecule has 0 fully saturated rings. The molecule has 2 aromatic rings. The third-order valence-corrected chi connectivity index (χ3v) is 5.48. The first-order valence-electron chi connectivity index (χ1n) is 7.03. The molecule has 2 rings (SSSR count). The second kappa shape index (κ2) is 7.54. The molecular weight excluding hydrogens is 368 g/mol. The fourth-order valence-electron chi connectivity index (χ4n) is 2.21. The third kappa shape index (κ3) is 3.75. The number of hydrogen-bond acceptors (Lipinski definition) is 5. The summed E-state index contributed by atoms with van der Waals surface area (Å²) in [5.41, 5.74) is -0.264. The molecule has 0 saturated heterocycles. The van der Waals surface area contributed by atoms with Crippen molar-refractivity contribution in [2.75, 3.05) is 18.0 Å². The van der Waals surface area contributed by atoms with Crippen LogP contribution in [0.25, 0.3) is 0 Å². The van der Waals surface area contributed by atoms with Crippen LogP contribution in [0.3, 0.4) is 0 Å². The second-order valence-corrected chi connectivity index (χ2v) is 7.11. The minimum atomic E-state index is -4.21. The number of nitrogens with zero attached hydrogens (tertiary/aromatic N) is 2. The first-order chi connectivity index (χ1) is 11.8. The van der Waals surface area contributed by atoms with Gasteiger partial charge in [-0.25, -0.2) is 8.42 Å². The third-order valence-electron chi connectivity index (χ3n) is 3.35. The Balaban J connectivity index is 2.62. The van der Waals surface area contributed by atoms with E-state index in [2.05, 4.69) is 6.58 Å². The molecule has 0 amide bonds. The Morgan fingerprint density at radius 1 is 1.32 bits per heavy atom. The number of ether oxygens (including phenoxy) is 1. The molecule has 0 aliphatic carbocycles. The van der Waals surface area contributed by atoms with Crippen LogP contribution in [0.2, 0.25) is 5.02 Å². The summed E-state index contributed by atoms with van der Waals surface area (Å²) in [7, 11) is -2.77. The number of para-hydroxylation sites is 1. The van der Waals surface area contributed by atoms with Gasteiger partial charge in [-0.1, -0.05) is 29.8 Å². The van der Waals surface area contributed by atoms with Crippen LogP contribution in [0.15, 0.2) is 60.0 Å². The standard InChI is InChI=1S/C16H15ClN2O5S/c1-3-10-18(12-8-9-15(24-2)13(17)11-12)25(22,23)16-7-5-4-6-14(16)19(20)21/h3-9,11H,1,10H2,2H3. The van der Waals surface area contributed by atoms with Crippen LogP contribution in [0.5, 0.6) is 5.75 Å². The van der Waals surface area contributed by atoms with E-state index in [4.69, 9.17) is 16.3 Å². The highest BCUT2D eigenvalue weighted by Gasteiger charge is 2.31. The van der Waals surface area contributed by atoms with Gasteiger partial charge in [-0.05, 0) is 24.3 Å². The number of nitro benzene ring substituents is 1. The van der Waals surface area contributed by atoms with Gasteiger partial charge in [0, 0.05) is 6.07 Å². The smallest absolute Gasteiger partial charge is 0.289 e. The number of hydrogen-bond donors (Lipinski definition) is 0. The monoisotopic (exact) mass is 382 g/mol. The molecule has 25 heavy (non-hydrogen) atoms. The summed E-state index contributed by atoms with van der Waals surface area (Å²) < 4.78 is 32.1. The van der Waals surface area contributed by atoms with Gasteiger partial charge in [0.25, 0.3) is 15.7 Å². The minimum absolute atomic E-state index is 0.0863. The van der Waals surface area contributed by atoms with Crippen LogP contribution in [-0.2, 0) is 10.0 Å². The molecule has 0 radical (unpaired) electrons. The number of halogens is 1. The molecule has 0 heterocycles. The molecule has 0 aliphatic rings. The summed E-state index contributed by atoms with van der Waals surface area (Å²) >= 11 is 6.07. The predicted octanol–water partition coefficient (Wildman–Crippen LogP) is 3.64. The van der Waals surface area contributed by atoms with Crippen LogP contribution in [-0.4, -0.2) is 27.0 Å². The van der Waals surface area contributed by atoms with Gasteiger partial charge in [0.15, 0.2) is 4.90 Å². The molecule has 0 bridgehead atoms. The molecule has 0 unspecified atom stereocenters. The molecule has 0 aromatic heterocycles. The maximum Gasteiger partial charge on any atom is 0.289 e. The van der Waals surface area contributed by atoms with Crippen LogP contribution < -0.4 is 9.04 Å². The minimum Gasteiger partial charge on any atom is -0.495 e. The van der Waals surface area contributed by atoms with Gasteiger partial charge < -0.3 is 4.74 Å². The van der Waals surface area contributed by atoms with Gasteiger partial charge >= 0.3 is 0 Å². The highest BCUT2D eigenvalue weighted by Crippen LogP contribution is 2.33. The van der Waals surface area contributed by atoms with Gasteiger partial charge in [0.05, 0.1) is 29.3 Å². The highest BCUT2D eigenvalue weighted by molar-refractivity contribution is 7.93. The van der Waals surface area contributed by atoms with Crippen molar-refractivity contribution in [3.63, 3.8) is 0 Å². The lowest BCUT2D eigenvalue weighted by molar-refractivity contribution is -0.387. The van der Waals surface area contributed by atoms with E-state index in [1.807, 2.05) is 0 Å². The van der Waals surface area contributed by atoms with E-state index < -0.39 is 25.5 Å². The zero-order valence-corrected chi connectivity index (χ0v) is 14.8. The van der Waals surface area contributed by atoms with Crippen molar-refractivity contribution in [2.45, 2.75) is 4.90 Å². The molecule has 9 heteroatoms. The molecule has 132 valence electrons. The van der Waals surface area contributed by atoms with Gasteiger partial charge in [-0.3, -0.25) is 14.4 Å². The Labute approximate surface area is 150 Å². The van der Waals surface area contributed by atoms with Crippen molar-refractivity contribution in [1.82, 2.24) is 0 Å². The number of anilines is 1. The summed E-state index contributed by atoms with van der Waals surface area (Å²) in [5.74, 6) is 0.382. The number of benzene rings is 2. The first-order valence-corrected chi connectivity index (χ1v) is 8.85. The Morgan fingerprint density at radius 2 is 2.00 bits per heavy atom. The van der Waals surface area contributed by atoms with Crippen molar-refractivity contribution in [2.24, 2.45) is 0 Å². The molecule has 0 atom stereocenters. The van der Waals surface area contributed by atoms with E-state index in [0.29, 0.717) is 5.75 Å². The van der Waals surface area contributed by atoms with Crippen molar-refractivity contribution in [3.05, 3.63) is 70.3 Å². The summed E-state index contributed by atoms with van der Waals surface area (Å²) in [6, 6.07) is 9.58. The van der Waals surface area contributed by atoms with Gasteiger partial charge in [-0.15, -0.1) is 6.58 Å². The fraction of sp³-hybridized carbons (Fsp3) is 0.125. The lowest BCUT2D eigenvalue weighted by Gasteiger charge is -2.23. The van der Waals surface area contributed by atoms with Crippen molar-refractivity contribution >= 4 is 33.0 Å². The maximum atomic E-state index is 13.0. The average Bonchev–Trinajstić information content (AvgIpc) is 2.59. The van der Waals surface area contributed by atoms with Gasteiger partial charge in [-0.2, -0.15) is 0 Å². The van der Waals surface area contributed by atoms with Gasteiger partial charge in [0.2, 0.25) is 0 Å². The van der Waals surface area contributed by atoms with Crippen molar-refractivity contribution < 1.29 is 18.1 Å². The van der Waals surface area contributed by atoms with E-state index in [-0.39, 0.29) is 17.3 Å². The number of sulfonamides is 1. The molecule has 0 aliphatic heterocycles. The van der Waals surface area contributed by atoms with Crippen LogP contribution in [0.4, 0.5) is 11.4 Å². The molecule has 7 nitrogen and oxygen atoms in total. The zero-order chi connectivity index (χ0) is 18.6. The molecule has 0 spiro atoms. The van der Waals surface area contributed by atoms with E-state index in [1.165, 1.54) is 49.6 Å². The second-order valence-electron chi connectivity index (χ2n) is 4.87. The van der Waals surface area contributed by atoms with E-state index >= 15 is 0 Å². The maximum absolute atomic E-state index is 13.0. The Bertz CT molecular complexity index is 914. The Morgan fingerprint density at radius 3 is 2.56 bits per heavy atom. The summed E-state index contributed by atoms with van der Waals surface area (Å²) in [4.78, 5) is 10.0. The number of rotatable bonds is 7. The number of nitro groups is 1. The molecule has 0 N–H and O–H groups in total. The topological polar surface area (TPSA) is 89.8 Å².